The fourth-order valence-corrected chi connectivity index (χ4v) is 2.59. The molecular formula is C10H19ClO. The van der Waals surface area contributed by atoms with Gasteiger partial charge in [-0.05, 0) is 31.6 Å². The fraction of sp³-hybridized carbons (Fsp3) is 1.00. The highest BCUT2D eigenvalue weighted by Crippen LogP contribution is 2.43. The maximum Gasteiger partial charge on any atom is 0.0548 e. The van der Waals surface area contributed by atoms with Crippen LogP contribution in [0, 0.1) is 5.41 Å². The van der Waals surface area contributed by atoms with E-state index in [0.29, 0.717) is 11.5 Å². The van der Waals surface area contributed by atoms with Gasteiger partial charge in [0.2, 0.25) is 0 Å². The van der Waals surface area contributed by atoms with Gasteiger partial charge in [0.05, 0.1) is 6.10 Å². The molecule has 1 unspecified atom stereocenters. The highest BCUT2D eigenvalue weighted by molar-refractivity contribution is 6.18. The molecule has 12 heavy (non-hydrogen) atoms. The Morgan fingerprint density at radius 1 is 1.42 bits per heavy atom. The van der Waals surface area contributed by atoms with Crippen LogP contribution in [0.2, 0.25) is 0 Å². The molecule has 2 heteroatoms. The van der Waals surface area contributed by atoms with E-state index in [1.165, 1.54) is 25.7 Å². The second-order valence-electron chi connectivity index (χ2n) is 4.09. The molecule has 0 radical (unpaired) electrons. The van der Waals surface area contributed by atoms with E-state index in [4.69, 9.17) is 16.3 Å². The van der Waals surface area contributed by atoms with Gasteiger partial charge in [0, 0.05) is 13.0 Å². The Labute approximate surface area is 80.4 Å². The second kappa shape index (κ2) is 4.48. The molecule has 0 bridgehead atoms. The Morgan fingerprint density at radius 2 is 2.00 bits per heavy atom. The van der Waals surface area contributed by atoms with E-state index >= 15 is 0 Å². The predicted octanol–water partition coefficient (Wildman–Crippen LogP) is 3.21. The van der Waals surface area contributed by atoms with Crippen molar-refractivity contribution in [1.29, 1.82) is 0 Å². The first-order valence-corrected chi connectivity index (χ1v) is 5.35. The molecule has 0 spiro atoms. The number of rotatable bonds is 4. The average Bonchev–Trinajstić information content (AvgIpc) is 2.54. The average molecular weight is 191 g/mol. The van der Waals surface area contributed by atoms with Crippen molar-refractivity contribution in [3.63, 3.8) is 0 Å². The fourth-order valence-electron chi connectivity index (χ4n) is 2.21. The van der Waals surface area contributed by atoms with Gasteiger partial charge in [-0.15, -0.1) is 11.6 Å². The van der Waals surface area contributed by atoms with Gasteiger partial charge < -0.3 is 4.74 Å². The van der Waals surface area contributed by atoms with Gasteiger partial charge in [0.15, 0.2) is 0 Å². The zero-order valence-corrected chi connectivity index (χ0v) is 8.86. The van der Waals surface area contributed by atoms with Gasteiger partial charge in [-0.2, -0.15) is 0 Å². The number of halogens is 1. The summed E-state index contributed by atoms with van der Waals surface area (Å²) in [6.07, 6.45) is 6.79. The molecule has 0 aromatic carbocycles. The molecule has 0 amide bonds. The first-order valence-electron chi connectivity index (χ1n) is 4.81. The Balaban J connectivity index is 2.43. The monoisotopic (exact) mass is 190 g/mol. The van der Waals surface area contributed by atoms with Crippen molar-refractivity contribution >= 4 is 11.6 Å². The van der Waals surface area contributed by atoms with Crippen molar-refractivity contribution in [3.8, 4) is 0 Å². The van der Waals surface area contributed by atoms with Gasteiger partial charge >= 0.3 is 0 Å². The van der Waals surface area contributed by atoms with Gasteiger partial charge in [-0.25, -0.2) is 0 Å². The summed E-state index contributed by atoms with van der Waals surface area (Å²) in [5, 5.41) is 0. The summed E-state index contributed by atoms with van der Waals surface area (Å²) < 4.78 is 5.28. The molecule has 1 saturated carbocycles. The molecule has 0 aliphatic heterocycles. The van der Waals surface area contributed by atoms with Crippen LogP contribution in [-0.2, 0) is 4.74 Å². The van der Waals surface area contributed by atoms with E-state index in [9.17, 15) is 0 Å². The lowest BCUT2D eigenvalue weighted by Crippen LogP contribution is -2.24. The zero-order valence-electron chi connectivity index (χ0n) is 8.11. The van der Waals surface area contributed by atoms with E-state index in [1.807, 2.05) is 0 Å². The van der Waals surface area contributed by atoms with Gasteiger partial charge in [0.25, 0.3) is 0 Å². The van der Waals surface area contributed by atoms with Gasteiger partial charge in [0.1, 0.15) is 0 Å². The molecule has 1 aliphatic carbocycles. The summed E-state index contributed by atoms with van der Waals surface area (Å²) in [6, 6.07) is 0. The third kappa shape index (κ3) is 2.37. The molecule has 1 rings (SSSR count). The Bertz CT molecular complexity index is 130. The first-order chi connectivity index (χ1) is 5.72. The number of methoxy groups -OCH3 is 1. The molecule has 1 nitrogen and oxygen atoms in total. The highest BCUT2D eigenvalue weighted by atomic mass is 35.5. The van der Waals surface area contributed by atoms with Crippen LogP contribution in [0.15, 0.2) is 0 Å². The van der Waals surface area contributed by atoms with Crippen LogP contribution < -0.4 is 0 Å². The minimum absolute atomic E-state index is 0.363. The van der Waals surface area contributed by atoms with Crippen LogP contribution in [0.4, 0.5) is 0 Å². The van der Waals surface area contributed by atoms with Gasteiger partial charge in [-0.3, -0.25) is 0 Å². The van der Waals surface area contributed by atoms with Gasteiger partial charge in [-0.1, -0.05) is 12.8 Å². The third-order valence-electron chi connectivity index (χ3n) is 3.07. The Hall–Kier alpha value is 0.250. The molecule has 1 atom stereocenters. The summed E-state index contributed by atoms with van der Waals surface area (Å²) in [7, 11) is 1.78. The molecule has 0 saturated heterocycles. The number of alkyl halides is 1. The molecule has 1 fully saturated rings. The summed E-state index contributed by atoms with van der Waals surface area (Å²) in [5.74, 6) is 0.806. The second-order valence-corrected chi connectivity index (χ2v) is 4.36. The smallest absolute Gasteiger partial charge is 0.0548 e. The van der Waals surface area contributed by atoms with Crippen LogP contribution >= 0.6 is 11.6 Å². The molecule has 1 aliphatic rings. The number of ether oxygens (including phenoxy) is 1. The topological polar surface area (TPSA) is 9.23 Å². The predicted molar refractivity (Wildman–Crippen MR) is 52.7 cm³/mol. The lowest BCUT2D eigenvalue weighted by atomic mass is 9.83. The SMILES string of the molecule is COC(C)CC1(CCl)CCCC1. The minimum atomic E-state index is 0.363. The molecular weight excluding hydrogens is 172 g/mol. The highest BCUT2D eigenvalue weighted by Gasteiger charge is 2.34. The zero-order chi connectivity index (χ0) is 9.03. The van der Waals surface area contributed by atoms with Crippen molar-refractivity contribution in [1.82, 2.24) is 0 Å². The number of hydrogen-bond donors (Lipinski definition) is 0. The number of hydrogen-bond acceptors (Lipinski definition) is 1. The van der Waals surface area contributed by atoms with E-state index in [-0.39, 0.29) is 0 Å². The van der Waals surface area contributed by atoms with E-state index in [1.54, 1.807) is 7.11 Å². The lowest BCUT2D eigenvalue weighted by Gasteiger charge is -2.28. The van der Waals surface area contributed by atoms with Crippen LogP contribution in [0.1, 0.15) is 39.0 Å². The third-order valence-corrected chi connectivity index (χ3v) is 3.64. The maximum atomic E-state index is 6.01. The van der Waals surface area contributed by atoms with Crippen LogP contribution in [0.25, 0.3) is 0 Å². The quantitative estimate of drug-likeness (QED) is 0.619. The van der Waals surface area contributed by atoms with Crippen molar-refractivity contribution in [2.45, 2.75) is 45.1 Å². The molecule has 0 aromatic rings. The van der Waals surface area contributed by atoms with E-state index in [0.717, 1.165) is 12.3 Å². The van der Waals surface area contributed by atoms with Crippen molar-refractivity contribution in [2.24, 2.45) is 5.41 Å². The lowest BCUT2D eigenvalue weighted by molar-refractivity contribution is 0.0729. The van der Waals surface area contributed by atoms with E-state index in [2.05, 4.69) is 6.92 Å². The standard InChI is InChI=1S/C10H19ClO/c1-9(12-2)7-10(8-11)5-3-4-6-10/h9H,3-8H2,1-2H3. The van der Waals surface area contributed by atoms with Crippen molar-refractivity contribution in [3.05, 3.63) is 0 Å². The summed E-state index contributed by atoms with van der Waals surface area (Å²) in [6.45, 7) is 2.13. The normalized spacial score (nSPS) is 24.2. The van der Waals surface area contributed by atoms with Crippen LogP contribution in [0.3, 0.4) is 0 Å². The summed E-state index contributed by atoms with van der Waals surface area (Å²) in [5.41, 5.74) is 0.400. The molecule has 0 N–H and O–H groups in total. The summed E-state index contributed by atoms with van der Waals surface area (Å²) in [4.78, 5) is 0. The van der Waals surface area contributed by atoms with E-state index < -0.39 is 0 Å². The summed E-state index contributed by atoms with van der Waals surface area (Å²) >= 11 is 6.01. The maximum absolute atomic E-state index is 6.01. The Morgan fingerprint density at radius 3 is 2.42 bits per heavy atom. The van der Waals surface area contributed by atoms with Crippen molar-refractivity contribution in [2.75, 3.05) is 13.0 Å². The largest absolute Gasteiger partial charge is 0.382 e. The Kier molecular flexibility index (Phi) is 3.85. The van der Waals surface area contributed by atoms with Crippen LogP contribution in [0.5, 0.6) is 0 Å². The molecule has 0 aromatic heterocycles. The minimum Gasteiger partial charge on any atom is -0.382 e. The molecule has 72 valence electrons. The van der Waals surface area contributed by atoms with Crippen LogP contribution in [-0.4, -0.2) is 19.1 Å². The van der Waals surface area contributed by atoms with Crippen molar-refractivity contribution < 1.29 is 4.74 Å². The first kappa shape index (κ1) is 10.3. The molecule has 0 heterocycles.